The van der Waals surface area contributed by atoms with Gasteiger partial charge >= 0.3 is 0 Å². The monoisotopic (exact) mass is 246 g/mol. The van der Waals surface area contributed by atoms with Crippen LogP contribution in [-0.2, 0) is 11.2 Å². The van der Waals surface area contributed by atoms with Crippen molar-refractivity contribution in [2.45, 2.75) is 19.8 Å². The zero-order chi connectivity index (χ0) is 12.5. The van der Waals surface area contributed by atoms with Crippen molar-refractivity contribution in [1.29, 1.82) is 0 Å². The summed E-state index contributed by atoms with van der Waals surface area (Å²) in [4.78, 5) is 22.4. The van der Waals surface area contributed by atoms with Gasteiger partial charge in [-0.05, 0) is 23.8 Å². The molecule has 1 N–H and O–H groups in total. The molecule has 5 heteroatoms. The summed E-state index contributed by atoms with van der Waals surface area (Å²) in [7, 11) is 0. The van der Waals surface area contributed by atoms with Crippen LogP contribution in [0.1, 0.15) is 18.9 Å². The van der Waals surface area contributed by atoms with Crippen LogP contribution >= 0.6 is 0 Å². The fourth-order valence-corrected chi connectivity index (χ4v) is 2.81. The van der Waals surface area contributed by atoms with E-state index in [1.54, 1.807) is 0 Å². The average molecular weight is 246 g/mol. The quantitative estimate of drug-likeness (QED) is 0.830. The van der Waals surface area contributed by atoms with Gasteiger partial charge in [0.25, 0.3) is 0 Å². The highest BCUT2D eigenvalue weighted by molar-refractivity contribution is 5.77. The van der Waals surface area contributed by atoms with Crippen molar-refractivity contribution in [2.24, 2.45) is 11.8 Å². The second-order valence-electron chi connectivity index (χ2n) is 5.18. The van der Waals surface area contributed by atoms with Gasteiger partial charge in [-0.25, -0.2) is 9.97 Å². The van der Waals surface area contributed by atoms with E-state index in [0.717, 1.165) is 37.6 Å². The number of rotatable bonds is 2. The van der Waals surface area contributed by atoms with Crippen LogP contribution in [-0.4, -0.2) is 35.5 Å². The number of anilines is 1. The molecule has 0 bridgehead atoms. The largest absolute Gasteiger partial charge is 0.356 e. The Hall–Kier alpha value is -1.65. The van der Waals surface area contributed by atoms with Crippen molar-refractivity contribution in [3.8, 4) is 0 Å². The van der Waals surface area contributed by atoms with Crippen LogP contribution in [0, 0.1) is 11.8 Å². The topological polar surface area (TPSA) is 58.1 Å². The van der Waals surface area contributed by atoms with Crippen LogP contribution in [0.25, 0.3) is 0 Å². The molecule has 96 valence electrons. The van der Waals surface area contributed by atoms with Crippen LogP contribution in [0.5, 0.6) is 0 Å². The summed E-state index contributed by atoms with van der Waals surface area (Å²) in [5.74, 6) is 2.00. The summed E-state index contributed by atoms with van der Waals surface area (Å²) in [6.07, 6.45) is 5.40. The van der Waals surface area contributed by atoms with E-state index >= 15 is 0 Å². The van der Waals surface area contributed by atoms with Crippen LogP contribution in [0.15, 0.2) is 12.4 Å². The van der Waals surface area contributed by atoms with Crippen molar-refractivity contribution in [2.75, 3.05) is 24.5 Å². The Bertz CT molecular complexity index is 445. The van der Waals surface area contributed by atoms with Gasteiger partial charge in [0.1, 0.15) is 0 Å². The number of nitrogens with one attached hydrogen (secondary N) is 1. The van der Waals surface area contributed by atoms with Gasteiger partial charge in [-0.3, -0.25) is 4.79 Å². The van der Waals surface area contributed by atoms with Gasteiger partial charge < -0.3 is 10.2 Å². The highest BCUT2D eigenvalue weighted by Gasteiger charge is 2.37. The van der Waals surface area contributed by atoms with Gasteiger partial charge in [0, 0.05) is 38.4 Å². The predicted molar refractivity (Wildman–Crippen MR) is 68.2 cm³/mol. The molecule has 1 aromatic heterocycles. The van der Waals surface area contributed by atoms with Gasteiger partial charge in [0.2, 0.25) is 11.9 Å². The Labute approximate surface area is 107 Å². The lowest BCUT2D eigenvalue weighted by Crippen LogP contribution is -2.39. The molecule has 2 saturated heterocycles. The van der Waals surface area contributed by atoms with E-state index in [0.29, 0.717) is 18.3 Å². The third kappa shape index (κ3) is 2.05. The number of aromatic nitrogens is 2. The third-order valence-electron chi connectivity index (χ3n) is 3.97. The standard InChI is InChI=1S/C13H18N4O/c1-2-9-4-15-13(16-5-9)17-7-10-3-12(18)14-6-11(10)8-17/h4-5,10-11H,2-3,6-8H2,1H3,(H,14,18)/t10-,11+/m1/s1. The molecule has 2 aliphatic rings. The lowest BCUT2D eigenvalue weighted by Gasteiger charge is -2.23. The van der Waals surface area contributed by atoms with E-state index in [1.807, 2.05) is 12.4 Å². The summed E-state index contributed by atoms with van der Waals surface area (Å²) >= 11 is 0. The summed E-state index contributed by atoms with van der Waals surface area (Å²) in [6.45, 7) is 4.76. The summed E-state index contributed by atoms with van der Waals surface area (Å²) in [5.41, 5.74) is 1.16. The molecule has 1 amide bonds. The summed E-state index contributed by atoms with van der Waals surface area (Å²) in [5, 5.41) is 2.94. The van der Waals surface area contributed by atoms with Crippen LogP contribution in [0.2, 0.25) is 0 Å². The van der Waals surface area contributed by atoms with Crippen LogP contribution in [0.3, 0.4) is 0 Å². The minimum absolute atomic E-state index is 0.181. The maximum absolute atomic E-state index is 11.4. The number of carbonyl (C=O) groups is 1. The van der Waals surface area contributed by atoms with Crippen molar-refractivity contribution in [3.05, 3.63) is 18.0 Å². The van der Waals surface area contributed by atoms with Gasteiger partial charge in [-0.2, -0.15) is 0 Å². The number of aryl methyl sites for hydroxylation is 1. The fraction of sp³-hybridized carbons (Fsp3) is 0.615. The third-order valence-corrected chi connectivity index (χ3v) is 3.97. The first-order chi connectivity index (χ1) is 8.76. The summed E-state index contributed by atoms with van der Waals surface area (Å²) in [6, 6.07) is 0. The van der Waals surface area contributed by atoms with Crippen molar-refractivity contribution in [3.63, 3.8) is 0 Å². The maximum atomic E-state index is 11.4. The lowest BCUT2D eigenvalue weighted by molar-refractivity contribution is -0.124. The molecule has 0 unspecified atom stereocenters. The Kier molecular flexibility index (Phi) is 2.89. The lowest BCUT2D eigenvalue weighted by atomic mass is 9.89. The molecular weight excluding hydrogens is 228 g/mol. The number of amides is 1. The number of fused-ring (bicyclic) bond motifs is 1. The van der Waals surface area contributed by atoms with Crippen LogP contribution < -0.4 is 10.2 Å². The molecule has 18 heavy (non-hydrogen) atoms. The number of carbonyl (C=O) groups excluding carboxylic acids is 1. The van der Waals surface area contributed by atoms with Crippen molar-refractivity contribution >= 4 is 11.9 Å². The molecule has 5 nitrogen and oxygen atoms in total. The Balaban J connectivity index is 1.72. The van der Waals surface area contributed by atoms with E-state index in [2.05, 4.69) is 27.1 Å². The average Bonchev–Trinajstić information content (AvgIpc) is 2.81. The van der Waals surface area contributed by atoms with E-state index in [4.69, 9.17) is 0 Å². The molecule has 2 fully saturated rings. The Morgan fingerprint density at radius 1 is 1.33 bits per heavy atom. The molecule has 0 aliphatic carbocycles. The molecule has 0 aromatic carbocycles. The molecule has 0 radical (unpaired) electrons. The molecule has 2 aliphatic heterocycles. The SMILES string of the molecule is CCc1cnc(N2C[C@H]3CC(=O)NC[C@H]3C2)nc1. The Morgan fingerprint density at radius 3 is 2.78 bits per heavy atom. The number of nitrogens with zero attached hydrogens (tertiary/aromatic N) is 3. The number of hydrogen-bond donors (Lipinski definition) is 1. The van der Waals surface area contributed by atoms with E-state index in [-0.39, 0.29) is 5.91 Å². The minimum Gasteiger partial charge on any atom is -0.356 e. The highest BCUT2D eigenvalue weighted by Crippen LogP contribution is 2.30. The molecule has 0 saturated carbocycles. The zero-order valence-corrected chi connectivity index (χ0v) is 10.6. The number of piperidine rings is 1. The second-order valence-corrected chi connectivity index (χ2v) is 5.18. The summed E-state index contributed by atoms with van der Waals surface area (Å²) < 4.78 is 0. The molecule has 3 heterocycles. The fourth-order valence-electron chi connectivity index (χ4n) is 2.81. The zero-order valence-electron chi connectivity index (χ0n) is 10.6. The van der Waals surface area contributed by atoms with Crippen molar-refractivity contribution in [1.82, 2.24) is 15.3 Å². The number of hydrogen-bond acceptors (Lipinski definition) is 4. The predicted octanol–water partition coefficient (Wildman–Crippen LogP) is 0.611. The first kappa shape index (κ1) is 11.4. The Morgan fingerprint density at radius 2 is 2.06 bits per heavy atom. The minimum atomic E-state index is 0.181. The maximum Gasteiger partial charge on any atom is 0.225 e. The smallest absolute Gasteiger partial charge is 0.225 e. The van der Waals surface area contributed by atoms with Crippen LogP contribution in [0.4, 0.5) is 5.95 Å². The first-order valence-electron chi connectivity index (χ1n) is 6.59. The van der Waals surface area contributed by atoms with E-state index in [9.17, 15) is 4.79 Å². The molecule has 0 spiro atoms. The van der Waals surface area contributed by atoms with E-state index < -0.39 is 0 Å². The molecular formula is C13H18N4O. The van der Waals surface area contributed by atoms with Gasteiger partial charge in [-0.15, -0.1) is 0 Å². The van der Waals surface area contributed by atoms with Gasteiger partial charge in [0.05, 0.1) is 0 Å². The molecule has 2 atom stereocenters. The normalized spacial score (nSPS) is 26.9. The van der Waals surface area contributed by atoms with Gasteiger partial charge in [-0.1, -0.05) is 6.92 Å². The van der Waals surface area contributed by atoms with Crippen molar-refractivity contribution < 1.29 is 4.79 Å². The molecule has 1 aromatic rings. The van der Waals surface area contributed by atoms with E-state index in [1.165, 1.54) is 0 Å². The highest BCUT2D eigenvalue weighted by atomic mass is 16.1. The van der Waals surface area contributed by atoms with Gasteiger partial charge in [0.15, 0.2) is 0 Å². The second kappa shape index (κ2) is 4.55. The molecule has 3 rings (SSSR count). The first-order valence-corrected chi connectivity index (χ1v) is 6.59.